The van der Waals surface area contributed by atoms with Crippen molar-refractivity contribution in [2.24, 2.45) is 0 Å². The lowest BCUT2D eigenvalue weighted by molar-refractivity contribution is 0.497. The van der Waals surface area contributed by atoms with Crippen LogP contribution in [-0.2, 0) is 0 Å². The van der Waals surface area contributed by atoms with E-state index in [2.05, 4.69) is 0 Å². The number of rotatable bonds is 3. The molecule has 0 fully saturated rings. The van der Waals surface area contributed by atoms with Gasteiger partial charge in [-0.2, -0.15) is 0 Å². The molecule has 5 rings (SSSR count). The summed E-state index contributed by atoms with van der Waals surface area (Å²) in [6.07, 6.45) is 0.786. The van der Waals surface area contributed by atoms with Crippen molar-refractivity contribution in [2.45, 2.75) is 33.2 Å². The average molecular weight is 436 g/mol. The molecule has 31 heavy (non-hydrogen) atoms. The zero-order chi connectivity index (χ0) is 21.9. The lowest BCUT2D eigenvalue weighted by atomic mass is 10.2. The molecule has 0 amide bonds. The fraction of sp³-hybridized carbons (Fsp3) is 0.217. The Hall–Kier alpha value is -3.32. The summed E-state index contributed by atoms with van der Waals surface area (Å²) >= 11 is 6.07. The van der Waals surface area contributed by atoms with Crippen molar-refractivity contribution in [1.82, 2.24) is 24.1 Å². The molecule has 0 saturated carbocycles. The molecule has 156 valence electrons. The second-order valence-corrected chi connectivity index (χ2v) is 8.02. The first-order valence-electron chi connectivity index (χ1n) is 10.1. The number of hydrogen-bond acceptors (Lipinski definition) is 4. The summed E-state index contributed by atoms with van der Waals surface area (Å²) in [4.78, 5) is 27.9. The molecule has 0 aliphatic rings. The van der Waals surface area contributed by atoms with Gasteiger partial charge < -0.3 is 0 Å². The maximum atomic E-state index is 13.8. The van der Waals surface area contributed by atoms with E-state index in [0.29, 0.717) is 44.7 Å². The Morgan fingerprint density at radius 1 is 1.06 bits per heavy atom. The van der Waals surface area contributed by atoms with Gasteiger partial charge in [-0.05, 0) is 50.6 Å². The van der Waals surface area contributed by atoms with Crippen LogP contribution in [0.4, 0.5) is 4.39 Å². The van der Waals surface area contributed by atoms with Crippen LogP contribution < -0.4 is 5.56 Å². The molecule has 0 aliphatic carbocycles. The normalized spacial score (nSPS) is 12.8. The number of aromatic nitrogens is 5. The molecular weight excluding hydrogens is 417 g/mol. The molecule has 3 heterocycles. The predicted molar refractivity (Wildman–Crippen MR) is 121 cm³/mol. The minimum absolute atomic E-state index is 0.0171. The van der Waals surface area contributed by atoms with E-state index in [1.54, 1.807) is 15.2 Å². The smallest absolute Gasteiger partial charge is 0.265 e. The van der Waals surface area contributed by atoms with Crippen LogP contribution in [0.5, 0.6) is 0 Å². The second-order valence-electron chi connectivity index (χ2n) is 7.61. The predicted octanol–water partition coefficient (Wildman–Crippen LogP) is 5.36. The zero-order valence-electron chi connectivity index (χ0n) is 17.2. The van der Waals surface area contributed by atoms with Crippen molar-refractivity contribution in [3.63, 3.8) is 0 Å². The molecule has 0 spiro atoms. The molecule has 0 bridgehead atoms. The lowest BCUT2D eigenvalue weighted by Gasteiger charge is -2.16. The minimum Gasteiger partial charge on any atom is -0.293 e. The Balaban J connectivity index is 2.02. The van der Waals surface area contributed by atoms with Gasteiger partial charge in [0.1, 0.15) is 22.5 Å². The van der Waals surface area contributed by atoms with E-state index in [1.807, 2.05) is 45.0 Å². The van der Waals surface area contributed by atoms with E-state index in [9.17, 15) is 9.18 Å². The fourth-order valence-electron chi connectivity index (χ4n) is 3.98. The van der Waals surface area contributed by atoms with Crippen molar-refractivity contribution in [3.8, 4) is 5.69 Å². The highest BCUT2D eigenvalue weighted by atomic mass is 35.5. The van der Waals surface area contributed by atoms with E-state index in [4.69, 9.17) is 26.6 Å². The average Bonchev–Trinajstić information content (AvgIpc) is 3.06. The Morgan fingerprint density at radius 3 is 2.45 bits per heavy atom. The molecule has 0 saturated heterocycles. The first kappa shape index (κ1) is 19.6. The van der Waals surface area contributed by atoms with Crippen LogP contribution in [0.1, 0.15) is 32.1 Å². The van der Waals surface area contributed by atoms with E-state index in [0.717, 1.165) is 6.42 Å². The summed E-state index contributed by atoms with van der Waals surface area (Å²) in [5, 5.41) is 0.366. The summed E-state index contributed by atoms with van der Waals surface area (Å²) in [6, 6.07) is 11.8. The molecule has 8 heteroatoms. The molecule has 0 N–H and O–H groups in total. The highest BCUT2D eigenvalue weighted by Crippen LogP contribution is 2.30. The van der Waals surface area contributed by atoms with Crippen LogP contribution in [0, 0.1) is 12.7 Å². The van der Waals surface area contributed by atoms with Gasteiger partial charge in [-0.1, -0.05) is 30.7 Å². The third-order valence-electron chi connectivity index (χ3n) is 5.68. The van der Waals surface area contributed by atoms with Crippen LogP contribution in [0.2, 0.25) is 5.02 Å². The minimum atomic E-state index is -0.522. The molecule has 2 aromatic carbocycles. The lowest BCUT2D eigenvalue weighted by Crippen LogP contribution is -2.26. The standard InChI is InChI=1S/C23H19ClFN5O/c1-4-12(2)29-13(3)26-21-19(23(29)31)20-22(28-18-8-6-5-7-17(18)27-20)30(21)14-9-10-16(25)15(24)11-14/h5-12H,4H2,1-3H3/t12-/m1/s1. The van der Waals surface area contributed by atoms with Crippen molar-refractivity contribution in [2.75, 3.05) is 0 Å². The quantitative estimate of drug-likeness (QED) is 0.383. The van der Waals surface area contributed by atoms with E-state index in [-0.39, 0.29) is 16.6 Å². The van der Waals surface area contributed by atoms with Gasteiger partial charge >= 0.3 is 0 Å². The molecule has 0 radical (unpaired) electrons. The SMILES string of the molecule is CC[C@@H](C)n1c(C)nc2c(c1=O)c1nc3ccccc3nc1n2-c1ccc(F)c(Cl)c1. The number of nitrogens with zero attached hydrogens (tertiary/aromatic N) is 5. The van der Waals surface area contributed by atoms with Gasteiger partial charge in [0, 0.05) is 6.04 Å². The molecule has 0 aliphatic heterocycles. The second kappa shape index (κ2) is 7.13. The Kier molecular flexibility index (Phi) is 4.51. The number of hydrogen-bond donors (Lipinski definition) is 0. The van der Waals surface area contributed by atoms with Crippen LogP contribution in [0.3, 0.4) is 0 Å². The number of fused-ring (bicyclic) bond motifs is 4. The molecule has 5 aromatic rings. The Morgan fingerprint density at radius 2 is 1.77 bits per heavy atom. The van der Waals surface area contributed by atoms with Crippen molar-refractivity contribution < 1.29 is 4.39 Å². The maximum absolute atomic E-state index is 13.8. The van der Waals surface area contributed by atoms with E-state index in [1.165, 1.54) is 12.1 Å². The summed E-state index contributed by atoms with van der Waals surface area (Å²) in [5.41, 5.74) is 3.12. The van der Waals surface area contributed by atoms with Gasteiger partial charge in [0.25, 0.3) is 5.56 Å². The van der Waals surface area contributed by atoms with Crippen molar-refractivity contribution in [3.05, 3.63) is 69.5 Å². The van der Waals surface area contributed by atoms with Gasteiger partial charge in [-0.15, -0.1) is 0 Å². The molecule has 0 unspecified atom stereocenters. The number of aryl methyl sites for hydroxylation is 1. The van der Waals surface area contributed by atoms with Crippen LogP contribution >= 0.6 is 11.6 Å². The zero-order valence-corrected chi connectivity index (χ0v) is 18.0. The molecule has 1 atom stereocenters. The Bertz CT molecular complexity index is 1560. The third-order valence-corrected chi connectivity index (χ3v) is 5.97. The summed E-state index contributed by atoms with van der Waals surface area (Å²) in [5.74, 6) is 0.0691. The van der Waals surface area contributed by atoms with E-state index >= 15 is 0 Å². The van der Waals surface area contributed by atoms with Crippen LogP contribution in [0.25, 0.3) is 38.9 Å². The first-order chi connectivity index (χ1) is 14.9. The van der Waals surface area contributed by atoms with Gasteiger partial charge in [-0.25, -0.2) is 19.3 Å². The monoisotopic (exact) mass is 435 g/mol. The molecule has 3 aromatic heterocycles. The summed E-state index contributed by atoms with van der Waals surface area (Å²) < 4.78 is 17.3. The largest absolute Gasteiger partial charge is 0.293 e. The van der Waals surface area contributed by atoms with Gasteiger partial charge in [0.05, 0.1) is 21.7 Å². The summed E-state index contributed by atoms with van der Waals surface area (Å²) in [6.45, 7) is 5.82. The fourth-order valence-corrected chi connectivity index (χ4v) is 4.15. The van der Waals surface area contributed by atoms with Gasteiger partial charge in [0.15, 0.2) is 11.3 Å². The van der Waals surface area contributed by atoms with E-state index < -0.39 is 5.82 Å². The molecule has 6 nitrogen and oxygen atoms in total. The third kappa shape index (κ3) is 2.91. The molecular formula is C23H19ClFN5O. The topological polar surface area (TPSA) is 65.6 Å². The summed E-state index contributed by atoms with van der Waals surface area (Å²) in [7, 11) is 0. The number of para-hydroxylation sites is 2. The van der Waals surface area contributed by atoms with Crippen LogP contribution in [0.15, 0.2) is 47.3 Å². The first-order valence-corrected chi connectivity index (χ1v) is 10.4. The number of halogens is 2. The number of benzene rings is 2. The van der Waals surface area contributed by atoms with Gasteiger partial charge in [-0.3, -0.25) is 13.9 Å². The van der Waals surface area contributed by atoms with Gasteiger partial charge in [0.2, 0.25) is 0 Å². The maximum Gasteiger partial charge on any atom is 0.265 e. The van der Waals surface area contributed by atoms with Crippen LogP contribution in [-0.4, -0.2) is 24.1 Å². The highest BCUT2D eigenvalue weighted by molar-refractivity contribution is 6.31. The Labute approximate surface area is 181 Å². The van der Waals surface area contributed by atoms with Crippen molar-refractivity contribution >= 4 is 44.8 Å². The highest BCUT2D eigenvalue weighted by Gasteiger charge is 2.23. The van der Waals surface area contributed by atoms with Crippen molar-refractivity contribution in [1.29, 1.82) is 0 Å².